The average Bonchev–Trinajstić information content (AvgIpc) is 3.05. The highest BCUT2D eigenvalue weighted by molar-refractivity contribution is 7.09. The molecule has 0 saturated heterocycles. The lowest BCUT2D eigenvalue weighted by molar-refractivity contribution is -0.143. The number of aromatic nitrogens is 1. The standard InChI is InChI=1S/C18H13N3O3S/c1-12-11-25-18(21-12)15(9-20)16(22)10-24-17(23)7-6-13-2-4-14(8-19)5-3-13/h2-7,11,15H,10H2,1H3/b7-6+/t15-/m1/s1. The van der Waals surface area contributed by atoms with Crippen molar-refractivity contribution in [2.24, 2.45) is 0 Å². The minimum atomic E-state index is -1.03. The molecule has 0 spiro atoms. The smallest absolute Gasteiger partial charge is 0.331 e. The maximum atomic E-state index is 12.0. The number of thiazole rings is 1. The molecule has 0 aliphatic heterocycles. The molecule has 0 saturated carbocycles. The van der Waals surface area contributed by atoms with Crippen LogP contribution in [0.2, 0.25) is 0 Å². The molecular formula is C18H13N3O3S. The molecule has 0 fully saturated rings. The Bertz CT molecular complexity index is 886. The number of carbonyl (C=O) groups is 2. The van der Waals surface area contributed by atoms with E-state index in [1.54, 1.807) is 36.6 Å². The van der Waals surface area contributed by atoms with E-state index in [-0.39, 0.29) is 0 Å². The van der Waals surface area contributed by atoms with Gasteiger partial charge < -0.3 is 4.74 Å². The van der Waals surface area contributed by atoms with Crippen LogP contribution >= 0.6 is 11.3 Å². The molecule has 2 rings (SSSR count). The van der Waals surface area contributed by atoms with Crippen molar-refractivity contribution in [3.05, 3.63) is 57.6 Å². The zero-order chi connectivity index (χ0) is 18.2. The van der Waals surface area contributed by atoms with Gasteiger partial charge in [0.05, 0.1) is 17.7 Å². The summed E-state index contributed by atoms with van der Waals surface area (Å²) in [6, 6.07) is 10.5. The second-order valence-corrected chi connectivity index (χ2v) is 5.92. The number of aryl methyl sites for hydroxylation is 1. The predicted octanol–water partition coefficient (Wildman–Crippen LogP) is 2.76. The van der Waals surface area contributed by atoms with Gasteiger partial charge in [0.15, 0.2) is 18.3 Å². The molecule has 7 heteroatoms. The maximum Gasteiger partial charge on any atom is 0.331 e. The van der Waals surface area contributed by atoms with Gasteiger partial charge in [-0.3, -0.25) is 4.79 Å². The summed E-state index contributed by atoms with van der Waals surface area (Å²) in [4.78, 5) is 27.8. The number of Topliss-reactive ketones (excluding diaryl/α,β-unsaturated/α-hetero) is 1. The molecule has 1 aromatic heterocycles. The van der Waals surface area contributed by atoms with Gasteiger partial charge in [-0.15, -0.1) is 11.3 Å². The van der Waals surface area contributed by atoms with E-state index in [1.165, 1.54) is 23.5 Å². The lowest BCUT2D eigenvalue weighted by Gasteiger charge is -2.05. The number of benzene rings is 1. The number of nitrogens with zero attached hydrogens (tertiary/aromatic N) is 3. The van der Waals surface area contributed by atoms with Gasteiger partial charge in [-0.2, -0.15) is 10.5 Å². The molecule has 0 amide bonds. The molecule has 1 atom stereocenters. The van der Waals surface area contributed by atoms with Crippen LogP contribution in [0.4, 0.5) is 0 Å². The van der Waals surface area contributed by atoms with E-state index in [4.69, 9.17) is 15.3 Å². The summed E-state index contributed by atoms with van der Waals surface area (Å²) in [5.41, 5.74) is 1.97. The zero-order valence-corrected chi connectivity index (χ0v) is 14.1. The van der Waals surface area contributed by atoms with E-state index < -0.39 is 24.3 Å². The van der Waals surface area contributed by atoms with Gasteiger partial charge in [0.2, 0.25) is 0 Å². The fourth-order valence-corrected chi connectivity index (χ4v) is 2.74. The summed E-state index contributed by atoms with van der Waals surface area (Å²) in [6.45, 7) is 1.28. The Balaban J connectivity index is 1.90. The van der Waals surface area contributed by atoms with Crippen molar-refractivity contribution in [1.82, 2.24) is 4.98 Å². The number of esters is 1. The third kappa shape index (κ3) is 5.10. The van der Waals surface area contributed by atoms with Gasteiger partial charge >= 0.3 is 5.97 Å². The van der Waals surface area contributed by atoms with Crippen LogP contribution in [-0.2, 0) is 14.3 Å². The SMILES string of the molecule is Cc1csc([C@H](C#N)C(=O)COC(=O)/C=C/c2ccc(C#N)cc2)n1. The van der Waals surface area contributed by atoms with Crippen LogP contribution in [0.15, 0.2) is 35.7 Å². The maximum absolute atomic E-state index is 12.0. The molecule has 6 nitrogen and oxygen atoms in total. The lowest BCUT2D eigenvalue weighted by Crippen LogP contribution is -2.19. The quantitative estimate of drug-likeness (QED) is 0.585. The highest BCUT2D eigenvalue weighted by Crippen LogP contribution is 2.20. The number of hydrogen-bond donors (Lipinski definition) is 0. The summed E-state index contributed by atoms with van der Waals surface area (Å²) in [6.07, 6.45) is 2.70. The molecule has 2 aromatic rings. The molecule has 25 heavy (non-hydrogen) atoms. The third-order valence-corrected chi connectivity index (χ3v) is 4.17. The molecule has 124 valence electrons. The highest BCUT2D eigenvalue weighted by Gasteiger charge is 2.24. The van der Waals surface area contributed by atoms with Crippen molar-refractivity contribution in [1.29, 1.82) is 10.5 Å². The summed E-state index contributed by atoms with van der Waals surface area (Å²) in [5, 5.41) is 20.0. The van der Waals surface area contributed by atoms with Crippen LogP contribution in [0, 0.1) is 29.6 Å². The van der Waals surface area contributed by atoms with Gasteiger partial charge in [0.25, 0.3) is 0 Å². The molecule has 1 heterocycles. The van der Waals surface area contributed by atoms with E-state index in [0.717, 1.165) is 11.3 Å². The molecule has 0 N–H and O–H groups in total. The van der Waals surface area contributed by atoms with Crippen molar-refractivity contribution in [2.75, 3.05) is 6.61 Å². The molecule has 0 unspecified atom stereocenters. The Kier molecular flexibility index (Phi) is 6.16. The average molecular weight is 351 g/mol. The monoisotopic (exact) mass is 351 g/mol. The molecule has 0 aliphatic rings. The van der Waals surface area contributed by atoms with E-state index in [9.17, 15) is 9.59 Å². The van der Waals surface area contributed by atoms with Gasteiger partial charge in [-0.1, -0.05) is 12.1 Å². The fourth-order valence-electron chi connectivity index (χ4n) is 1.88. The minimum Gasteiger partial charge on any atom is -0.454 e. The minimum absolute atomic E-state index is 0.397. The Labute approximate surface area is 148 Å². The van der Waals surface area contributed by atoms with Crippen LogP contribution < -0.4 is 0 Å². The summed E-state index contributed by atoms with van der Waals surface area (Å²) >= 11 is 1.22. The van der Waals surface area contributed by atoms with Crippen molar-refractivity contribution in [2.45, 2.75) is 12.8 Å². The number of ketones is 1. The summed E-state index contributed by atoms with van der Waals surface area (Å²) < 4.78 is 4.88. The van der Waals surface area contributed by atoms with Gasteiger partial charge in [-0.05, 0) is 30.7 Å². The van der Waals surface area contributed by atoms with Crippen LogP contribution in [0.1, 0.15) is 27.7 Å². The first kappa shape index (κ1) is 18.1. The predicted molar refractivity (Wildman–Crippen MR) is 91.4 cm³/mol. The van der Waals surface area contributed by atoms with Gasteiger partial charge in [0.1, 0.15) is 5.01 Å². The number of carbonyl (C=O) groups excluding carboxylic acids is 2. The summed E-state index contributed by atoms with van der Waals surface area (Å²) in [5.74, 6) is -2.24. The second kappa shape index (κ2) is 8.53. The molecular weight excluding hydrogens is 338 g/mol. The van der Waals surface area contributed by atoms with Crippen LogP contribution in [0.25, 0.3) is 6.08 Å². The van der Waals surface area contributed by atoms with Crippen molar-refractivity contribution in [3.8, 4) is 12.1 Å². The normalized spacial score (nSPS) is 11.5. The Morgan fingerprint density at radius 1 is 1.32 bits per heavy atom. The Morgan fingerprint density at radius 2 is 2.04 bits per heavy atom. The van der Waals surface area contributed by atoms with E-state index in [1.807, 2.05) is 12.1 Å². The number of ether oxygens (including phenoxy) is 1. The van der Waals surface area contributed by atoms with E-state index in [0.29, 0.717) is 10.6 Å². The van der Waals surface area contributed by atoms with E-state index >= 15 is 0 Å². The first-order valence-electron chi connectivity index (χ1n) is 7.23. The van der Waals surface area contributed by atoms with E-state index in [2.05, 4.69) is 4.98 Å². The van der Waals surface area contributed by atoms with Crippen LogP contribution in [-0.4, -0.2) is 23.3 Å². The van der Waals surface area contributed by atoms with Gasteiger partial charge in [-0.25, -0.2) is 9.78 Å². The fraction of sp³-hybridized carbons (Fsp3) is 0.167. The summed E-state index contributed by atoms with van der Waals surface area (Å²) in [7, 11) is 0. The topological polar surface area (TPSA) is 104 Å². The Morgan fingerprint density at radius 3 is 2.60 bits per heavy atom. The molecule has 0 bridgehead atoms. The van der Waals surface area contributed by atoms with Crippen LogP contribution in [0.5, 0.6) is 0 Å². The van der Waals surface area contributed by atoms with Crippen molar-refractivity contribution >= 4 is 29.2 Å². The molecule has 0 aliphatic carbocycles. The Hall–Kier alpha value is -3.29. The van der Waals surface area contributed by atoms with Crippen molar-refractivity contribution < 1.29 is 14.3 Å². The number of nitriles is 2. The number of hydrogen-bond acceptors (Lipinski definition) is 7. The highest BCUT2D eigenvalue weighted by atomic mass is 32.1. The lowest BCUT2D eigenvalue weighted by atomic mass is 10.1. The molecule has 1 aromatic carbocycles. The third-order valence-electron chi connectivity index (χ3n) is 3.14. The molecule has 0 radical (unpaired) electrons. The first-order chi connectivity index (χ1) is 12.0. The number of rotatable bonds is 6. The second-order valence-electron chi connectivity index (χ2n) is 5.03. The zero-order valence-electron chi connectivity index (χ0n) is 13.3. The first-order valence-corrected chi connectivity index (χ1v) is 8.11. The van der Waals surface area contributed by atoms with Crippen molar-refractivity contribution in [3.63, 3.8) is 0 Å². The van der Waals surface area contributed by atoms with Gasteiger partial charge in [0, 0.05) is 17.2 Å². The largest absolute Gasteiger partial charge is 0.454 e. The van der Waals surface area contributed by atoms with Crippen LogP contribution in [0.3, 0.4) is 0 Å².